The van der Waals surface area contributed by atoms with Crippen molar-refractivity contribution >= 4 is 34.2 Å². The van der Waals surface area contributed by atoms with Crippen LogP contribution in [0.1, 0.15) is 35.0 Å². The Morgan fingerprint density at radius 3 is 2.58 bits per heavy atom. The number of carbonyl (C=O) groups is 2. The third-order valence-corrected chi connectivity index (χ3v) is 7.87. The molecule has 1 atom stereocenters. The van der Waals surface area contributed by atoms with Crippen molar-refractivity contribution in [3.05, 3.63) is 63.3 Å². The minimum absolute atomic E-state index is 0.0980. The van der Waals surface area contributed by atoms with Gasteiger partial charge in [0.05, 0.1) is 18.1 Å². The van der Waals surface area contributed by atoms with Gasteiger partial charge in [-0.15, -0.1) is 0 Å². The maximum absolute atomic E-state index is 13.1. The number of benzene rings is 2. The first kappa shape index (κ1) is 27.6. The molecule has 1 aromatic heterocycles. The van der Waals surface area contributed by atoms with E-state index < -0.39 is 17.0 Å². The number of nitro benzene ring substituents is 1. The minimum Gasteiger partial charge on any atom is -0.497 e. The highest BCUT2D eigenvalue weighted by molar-refractivity contribution is 5.95. The SMILES string of the molecule is COc1ccc(C(=O)OC2CCc3c(c4cc(NC(C)=O)ccc4n3CCN3CCN(C)CC3)C2)c([N+](=O)[O-])c1. The Kier molecular flexibility index (Phi) is 8.04. The summed E-state index contributed by atoms with van der Waals surface area (Å²) in [7, 11) is 3.56. The van der Waals surface area contributed by atoms with Crippen molar-refractivity contribution in [3.8, 4) is 5.75 Å². The maximum atomic E-state index is 13.1. The zero-order valence-corrected chi connectivity index (χ0v) is 23.1. The lowest BCUT2D eigenvalue weighted by Gasteiger charge is -2.32. The van der Waals surface area contributed by atoms with Crippen molar-refractivity contribution in [1.29, 1.82) is 0 Å². The predicted molar refractivity (Wildman–Crippen MR) is 151 cm³/mol. The Balaban J connectivity index is 1.41. The van der Waals surface area contributed by atoms with Crippen LogP contribution in [0.4, 0.5) is 11.4 Å². The zero-order valence-electron chi connectivity index (χ0n) is 23.1. The molecule has 0 saturated carbocycles. The van der Waals surface area contributed by atoms with Crippen LogP contribution in [-0.4, -0.2) is 84.2 Å². The maximum Gasteiger partial charge on any atom is 0.345 e. The minimum atomic E-state index is -0.722. The van der Waals surface area contributed by atoms with Crippen molar-refractivity contribution in [2.75, 3.05) is 52.2 Å². The zero-order chi connectivity index (χ0) is 28.4. The second-order valence-corrected chi connectivity index (χ2v) is 10.5. The van der Waals surface area contributed by atoms with Crippen LogP contribution in [0, 0.1) is 10.1 Å². The summed E-state index contributed by atoms with van der Waals surface area (Å²) in [5, 5.41) is 15.5. The van der Waals surface area contributed by atoms with Crippen LogP contribution < -0.4 is 10.1 Å². The summed E-state index contributed by atoms with van der Waals surface area (Å²) in [5.41, 5.74) is 3.67. The van der Waals surface area contributed by atoms with Gasteiger partial charge in [-0.25, -0.2) is 4.79 Å². The van der Waals surface area contributed by atoms with Crippen molar-refractivity contribution in [3.63, 3.8) is 0 Å². The molecule has 1 N–H and O–H groups in total. The number of anilines is 1. The first-order valence-corrected chi connectivity index (χ1v) is 13.6. The number of carbonyl (C=O) groups excluding carboxylic acids is 2. The lowest BCUT2D eigenvalue weighted by atomic mass is 9.93. The van der Waals surface area contributed by atoms with E-state index in [1.807, 2.05) is 18.2 Å². The fourth-order valence-corrected chi connectivity index (χ4v) is 5.74. The van der Waals surface area contributed by atoms with Crippen molar-refractivity contribution in [2.45, 2.75) is 38.8 Å². The van der Waals surface area contributed by atoms with E-state index >= 15 is 0 Å². The molecule has 11 nitrogen and oxygen atoms in total. The highest BCUT2D eigenvalue weighted by Crippen LogP contribution is 2.35. The fourth-order valence-electron chi connectivity index (χ4n) is 5.74. The van der Waals surface area contributed by atoms with Gasteiger partial charge >= 0.3 is 5.97 Å². The monoisotopic (exact) mass is 549 g/mol. The second-order valence-electron chi connectivity index (χ2n) is 10.5. The Bertz CT molecular complexity index is 1440. The Labute approximate surface area is 232 Å². The van der Waals surface area contributed by atoms with Crippen LogP contribution in [0.15, 0.2) is 36.4 Å². The molecule has 2 aromatic carbocycles. The van der Waals surface area contributed by atoms with Gasteiger partial charge < -0.3 is 24.3 Å². The van der Waals surface area contributed by atoms with E-state index in [4.69, 9.17) is 9.47 Å². The average Bonchev–Trinajstić information content (AvgIpc) is 3.24. The summed E-state index contributed by atoms with van der Waals surface area (Å²) < 4.78 is 13.3. The highest BCUT2D eigenvalue weighted by atomic mass is 16.6. The van der Waals surface area contributed by atoms with Gasteiger partial charge in [-0.05, 0) is 55.8 Å². The van der Waals surface area contributed by atoms with E-state index in [9.17, 15) is 19.7 Å². The van der Waals surface area contributed by atoms with Gasteiger partial charge in [-0.1, -0.05) is 0 Å². The number of aromatic nitrogens is 1. The molecule has 2 heterocycles. The number of esters is 1. The first-order chi connectivity index (χ1) is 19.2. The summed E-state index contributed by atoms with van der Waals surface area (Å²) in [4.78, 5) is 40.6. The summed E-state index contributed by atoms with van der Waals surface area (Å²) >= 11 is 0. The fraction of sp³-hybridized carbons (Fsp3) is 0.448. The molecule has 40 heavy (non-hydrogen) atoms. The van der Waals surface area contributed by atoms with Gasteiger partial charge in [0.25, 0.3) is 5.69 Å². The normalized spacial score (nSPS) is 17.8. The Hall–Kier alpha value is -3.96. The van der Waals surface area contributed by atoms with Crippen molar-refractivity contribution < 1.29 is 24.0 Å². The number of rotatable bonds is 8. The molecular formula is C29H35N5O6. The number of likely N-dealkylation sites (N-methyl/N-ethyl adjacent to an activating group) is 1. The molecular weight excluding hydrogens is 514 g/mol. The summed E-state index contributed by atoms with van der Waals surface area (Å²) in [6, 6.07) is 10.1. The summed E-state index contributed by atoms with van der Waals surface area (Å²) in [6.07, 6.45) is 1.39. The van der Waals surface area contributed by atoms with Crippen LogP contribution >= 0.6 is 0 Å². The molecule has 1 unspecified atom stereocenters. The van der Waals surface area contributed by atoms with E-state index in [1.165, 1.54) is 37.9 Å². The number of nitrogens with zero attached hydrogens (tertiary/aromatic N) is 4. The smallest absolute Gasteiger partial charge is 0.345 e. The van der Waals surface area contributed by atoms with E-state index in [2.05, 4.69) is 26.7 Å². The molecule has 2 aliphatic rings. The van der Waals surface area contributed by atoms with Gasteiger partial charge in [-0.2, -0.15) is 0 Å². The van der Waals surface area contributed by atoms with E-state index in [1.54, 1.807) is 0 Å². The van der Waals surface area contributed by atoms with Gasteiger partial charge in [-0.3, -0.25) is 19.8 Å². The molecule has 0 spiro atoms. The lowest BCUT2D eigenvalue weighted by molar-refractivity contribution is -0.385. The van der Waals surface area contributed by atoms with E-state index in [-0.39, 0.29) is 17.2 Å². The van der Waals surface area contributed by atoms with Crippen LogP contribution in [0.5, 0.6) is 5.75 Å². The number of ether oxygens (including phenoxy) is 2. The van der Waals surface area contributed by atoms with Gasteiger partial charge in [0.15, 0.2) is 0 Å². The van der Waals surface area contributed by atoms with E-state index in [0.717, 1.165) is 55.7 Å². The number of methoxy groups -OCH3 is 1. The molecule has 212 valence electrons. The Morgan fingerprint density at radius 1 is 1.10 bits per heavy atom. The topological polar surface area (TPSA) is 119 Å². The van der Waals surface area contributed by atoms with Crippen molar-refractivity contribution in [2.24, 2.45) is 0 Å². The number of hydrogen-bond acceptors (Lipinski definition) is 8. The molecule has 1 aliphatic heterocycles. The van der Waals surface area contributed by atoms with Crippen LogP contribution in [0.25, 0.3) is 10.9 Å². The van der Waals surface area contributed by atoms with Crippen LogP contribution in [0.3, 0.4) is 0 Å². The van der Waals surface area contributed by atoms with Crippen molar-refractivity contribution in [1.82, 2.24) is 14.4 Å². The van der Waals surface area contributed by atoms with E-state index in [0.29, 0.717) is 30.7 Å². The number of amides is 1. The molecule has 1 aliphatic carbocycles. The average molecular weight is 550 g/mol. The molecule has 5 rings (SSSR count). The summed E-state index contributed by atoms with van der Waals surface area (Å²) in [6.45, 7) is 7.47. The second kappa shape index (κ2) is 11.6. The first-order valence-electron chi connectivity index (χ1n) is 13.6. The van der Waals surface area contributed by atoms with Crippen LogP contribution in [0.2, 0.25) is 0 Å². The number of fused-ring (bicyclic) bond motifs is 3. The van der Waals surface area contributed by atoms with Gasteiger partial charge in [0.2, 0.25) is 5.91 Å². The molecule has 3 aromatic rings. The standard InChI is InChI=1S/C29H35N5O6/c1-19(35)30-20-4-8-26-24(16-20)25-17-22(40-29(36)23-7-5-21(39-3)18-28(23)34(37)38)6-9-27(25)33(26)15-14-32-12-10-31(2)11-13-32/h4-5,7-8,16,18,22H,6,9-15,17H2,1-3H3,(H,30,35). The molecule has 1 saturated heterocycles. The molecule has 0 radical (unpaired) electrons. The summed E-state index contributed by atoms with van der Waals surface area (Å²) in [5.74, 6) is -0.568. The third-order valence-electron chi connectivity index (χ3n) is 7.87. The van der Waals surface area contributed by atoms with Gasteiger partial charge in [0.1, 0.15) is 17.4 Å². The molecule has 1 amide bonds. The molecule has 11 heteroatoms. The predicted octanol–water partition coefficient (Wildman–Crippen LogP) is 3.48. The highest BCUT2D eigenvalue weighted by Gasteiger charge is 2.30. The number of hydrogen-bond donors (Lipinski definition) is 1. The number of nitrogens with one attached hydrogen (secondary N) is 1. The third kappa shape index (κ3) is 5.80. The number of nitro groups is 1. The lowest BCUT2D eigenvalue weighted by Crippen LogP contribution is -2.45. The van der Waals surface area contributed by atoms with Gasteiger partial charge in [0, 0.05) is 74.9 Å². The number of piperazine rings is 1. The Morgan fingerprint density at radius 2 is 1.88 bits per heavy atom. The molecule has 1 fully saturated rings. The quantitative estimate of drug-likeness (QED) is 0.258. The molecule has 0 bridgehead atoms. The van der Waals surface area contributed by atoms with Crippen LogP contribution in [-0.2, 0) is 28.9 Å². The largest absolute Gasteiger partial charge is 0.497 e.